The van der Waals surface area contributed by atoms with Gasteiger partial charge in [0.1, 0.15) is 0 Å². The smallest absolute Gasteiger partial charge is 0.239 e. The van der Waals surface area contributed by atoms with Crippen LogP contribution in [-0.2, 0) is 18.4 Å². The van der Waals surface area contributed by atoms with E-state index < -0.39 is 0 Å². The molecule has 0 aromatic carbocycles. The number of hydrogen-bond acceptors (Lipinski definition) is 2. The fourth-order valence-corrected chi connectivity index (χ4v) is 1.90. The fourth-order valence-electron chi connectivity index (χ4n) is 1.90. The third-order valence-corrected chi connectivity index (χ3v) is 2.88. The summed E-state index contributed by atoms with van der Waals surface area (Å²) in [5.74, 6) is 0.665. The van der Waals surface area contributed by atoms with Gasteiger partial charge in [0.05, 0.1) is 13.1 Å². The van der Waals surface area contributed by atoms with Crippen LogP contribution in [0.5, 0.6) is 0 Å². The number of nitrogens with zero attached hydrogens (tertiary/aromatic N) is 3. The molecule has 0 radical (unpaired) electrons. The van der Waals surface area contributed by atoms with Crippen molar-refractivity contribution in [3.8, 4) is 0 Å². The molecule has 0 spiro atoms. The van der Waals surface area contributed by atoms with Crippen LogP contribution in [-0.4, -0.2) is 48.0 Å². The van der Waals surface area contributed by atoms with E-state index in [2.05, 4.69) is 26.3 Å². The van der Waals surface area contributed by atoms with Gasteiger partial charge in [-0.15, -0.1) is 0 Å². The average Bonchev–Trinajstić information content (AvgIpc) is 2.75. The Labute approximate surface area is 120 Å². The molecule has 1 rings (SSSR count). The molecule has 0 aliphatic heterocycles. The van der Waals surface area contributed by atoms with Gasteiger partial charge in [0, 0.05) is 39.1 Å². The molecular weight excluding hydrogens is 254 g/mol. The van der Waals surface area contributed by atoms with Gasteiger partial charge in [-0.2, -0.15) is 0 Å². The minimum Gasteiger partial charge on any atom is -0.353 e. The summed E-state index contributed by atoms with van der Waals surface area (Å²) >= 11 is 0. The normalized spacial score (nSPS) is 11.6. The van der Waals surface area contributed by atoms with Crippen molar-refractivity contribution < 1.29 is 4.79 Å². The second kappa shape index (κ2) is 7.57. The topological polar surface area (TPSA) is 61.7 Å². The highest BCUT2D eigenvalue weighted by Crippen LogP contribution is 2.03. The molecule has 1 aromatic heterocycles. The zero-order chi connectivity index (χ0) is 15.1. The molecule has 6 heteroatoms. The van der Waals surface area contributed by atoms with Gasteiger partial charge in [0.25, 0.3) is 0 Å². The predicted molar refractivity (Wildman–Crippen MR) is 81.5 cm³/mol. The maximum atomic E-state index is 11.6. The maximum Gasteiger partial charge on any atom is 0.239 e. The number of aromatic nitrogens is 1. The largest absolute Gasteiger partial charge is 0.353 e. The number of nitrogens with one attached hydrogen (secondary N) is 2. The quantitative estimate of drug-likeness (QED) is 0.611. The summed E-state index contributed by atoms with van der Waals surface area (Å²) in [4.78, 5) is 17.8. The zero-order valence-electron chi connectivity index (χ0n) is 13.0. The number of aryl methyl sites for hydroxylation is 1. The maximum absolute atomic E-state index is 11.6. The zero-order valence-corrected chi connectivity index (χ0v) is 13.0. The van der Waals surface area contributed by atoms with Crippen molar-refractivity contribution in [2.45, 2.75) is 26.4 Å². The molecular formula is C14H25N5O. The van der Waals surface area contributed by atoms with Crippen LogP contribution in [0.15, 0.2) is 23.3 Å². The molecule has 6 nitrogen and oxygen atoms in total. The Morgan fingerprint density at radius 2 is 2.20 bits per heavy atom. The molecule has 0 unspecified atom stereocenters. The first-order chi connectivity index (χ1) is 9.43. The average molecular weight is 279 g/mol. The summed E-state index contributed by atoms with van der Waals surface area (Å²) in [6.45, 7) is 4.83. The molecule has 0 fully saturated rings. The highest BCUT2D eigenvalue weighted by molar-refractivity contribution is 5.86. The Kier molecular flexibility index (Phi) is 6.09. The molecule has 20 heavy (non-hydrogen) atoms. The van der Waals surface area contributed by atoms with Gasteiger partial charge in [-0.1, -0.05) is 0 Å². The van der Waals surface area contributed by atoms with E-state index in [-0.39, 0.29) is 18.5 Å². The highest BCUT2D eigenvalue weighted by atomic mass is 16.2. The number of hydrogen-bond donors (Lipinski definition) is 2. The van der Waals surface area contributed by atoms with Crippen molar-refractivity contribution in [2.24, 2.45) is 12.0 Å². The SMILES string of the molecule is CN=C(NCC(=O)NC(C)C)N(C)Cc1cccn1C. The number of carbonyl (C=O) groups is 1. The summed E-state index contributed by atoms with van der Waals surface area (Å²) in [5.41, 5.74) is 1.18. The molecule has 112 valence electrons. The minimum atomic E-state index is -0.0339. The first kappa shape index (κ1) is 16.1. The summed E-state index contributed by atoms with van der Waals surface area (Å²) in [6, 6.07) is 4.22. The monoisotopic (exact) mass is 279 g/mol. The Bertz CT molecular complexity index is 464. The van der Waals surface area contributed by atoms with Crippen LogP contribution >= 0.6 is 0 Å². The first-order valence-electron chi connectivity index (χ1n) is 6.75. The third-order valence-electron chi connectivity index (χ3n) is 2.88. The van der Waals surface area contributed by atoms with E-state index in [0.717, 1.165) is 6.54 Å². The number of carbonyl (C=O) groups excluding carboxylic acids is 1. The Morgan fingerprint density at radius 1 is 1.50 bits per heavy atom. The van der Waals surface area contributed by atoms with Gasteiger partial charge in [-0.05, 0) is 26.0 Å². The van der Waals surface area contributed by atoms with Gasteiger partial charge in [0.15, 0.2) is 5.96 Å². The van der Waals surface area contributed by atoms with E-state index in [9.17, 15) is 4.79 Å². The molecule has 1 aromatic rings. The first-order valence-corrected chi connectivity index (χ1v) is 6.75. The summed E-state index contributed by atoms with van der Waals surface area (Å²) in [5, 5.41) is 5.90. The second-order valence-corrected chi connectivity index (χ2v) is 5.09. The van der Waals surface area contributed by atoms with Crippen LogP contribution in [0.25, 0.3) is 0 Å². The van der Waals surface area contributed by atoms with Gasteiger partial charge < -0.3 is 20.1 Å². The van der Waals surface area contributed by atoms with Crippen LogP contribution in [0.1, 0.15) is 19.5 Å². The van der Waals surface area contributed by atoms with E-state index in [4.69, 9.17) is 0 Å². The standard InChI is InChI=1S/C14H25N5O/c1-11(2)17-13(20)9-16-14(15-3)19(5)10-12-7-6-8-18(12)4/h6-8,11H,9-10H2,1-5H3,(H,15,16)(H,17,20). The Hall–Kier alpha value is -1.98. The Balaban J connectivity index is 2.50. The second-order valence-electron chi connectivity index (χ2n) is 5.09. The molecule has 0 bridgehead atoms. The lowest BCUT2D eigenvalue weighted by Gasteiger charge is -2.22. The molecule has 0 atom stereocenters. The fraction of sp³-hybridized carbons (Fsp3) is 0.571. The highest BCUT2D eigenvalue weighted by Gasteiger charge is 2.10. The van der Waals surface area contributed by atoms with Crippen LogP contribution < -0.4 is 10.6 Å². The number of amides is 1. The van der Waals surface area contributed by atoms with E-state index in [1.807, 2.05) is 45.1 Å². The lowest BCUT2D eigenvalue weighted by molar-refractivity contribution is -0.120. The molecule has 0 aliphatic rings. The van der Waals surface area contributed by atoms with Gasteiger partial charge in [-0.3, -0.25) is 9.79 Å². The van der Waals surface area contributed by atoms with E-state index in [1.165, 1.54) is 5.69 Å². The van der Waals surface area contributed by atoms with Crippen molar-refractivity contribution in [3.63, 3.8) is 0 Å². The molecule has 1 heterocycles. The van der Waals surface area contributed by atoms with Crippen molar-refractivity contribution >= 4 is 11.9 Å². The molecule has 1 amide bonds. The molecule has 0 saturated heterocycles. The molecule has 0 aliphatic carbocycles. The summed E-state index contributed by atoms with van der Waals surface area (Å²) < 4.78 is 2.06. The van der Waals surface area contributed by atoms with Crippen LogP contribution in [0.3, 0.4) is 0 Å². The number of rotatable bonds is 5. The summed E-state index contributed by atoms with van der Waals surface area (Å²) in [6.07, 6.45) is 2.01. The van der Waals surface area contributed by atoms with Crippen LogP contribution in [0.2, 0.25) is 0 Å². The third kappa shape index (κ3) is 4.95. The number of aliphatic imine (C=N–C) groups is 1. The van der Waals surface area contributed by atoms with Crippen molar-refractivity contribution in [2.75, 3.05) is 20.6 Å². The van der Waals surface area contributed by atoms with Gasteiger partial charge in [-0.25, -0.2) is 0 Å². The van der Waals surface area contributed by atoms with E-state index in [1.54, 1.807) is 7.05 Å². The number of guanidine groups is 1. The predicted octanol–water partition coefficient (Wildman–Crippen LogP) is 0.557. The van der Waals surface area contributed by atoms with E-state index >= 15 is 0 Å². The van der Waals surface area contributed by atoms with Crippen LogP contribution in [0.4, 0.5) is 0 Å². The molecule has 2 N–H and O–H groups in total. The van der Waals surface area contributed by atoms with Crippen molar-refractivity contribution in [1.82, 2.24) is 20.1 Å². The minimum absolute atomic E-state index is 0.0339. The lowest BCUT2D eigenvalue weighted by Crippen LogP contribution is -2.45. The lowest BCUT2D eigenvalue weighted by atomic mass is 10.4. The summed E-state index contributed by atoms with van der Waals surface area (Å²) in [7, 11) is 5.67. The van der Waals surface area contributed by atoms with E-state index in [0.29, 0.717) is 5.96 Å². The van der Waals surface area contributed by atoms with Gasteiger partial charge >= 0.3 is 0 Å². The molecule has 0 saturated carbocycles. The van der Waals surface area contributed by atoms with Crippen LogP contribution in [0, 0.1) is 0 Å². The Morgan fingerprint density at radius 3 is 2.70 bits per heavy atom. The van der Waals surface area contributed by atoms with Crippen molar-refractivity contribution in [3.05, 3.63) is 24.0 Å². The van der Waals surface area contributed by atoms with Crippen molar-refractivity contribution in [1.29, 1.82) is 0 Å². The van der Waals surface area contributed by atoms with Gasteiger partial charge in [0.2, 0.25) is 5.91 Å².